The van der Waals surface area contributed by atoms with E-state index >= 15 is 0 Å². The summed E-state index contributed by atoms with van der Waals surface area (Å²) < 4.78 is 62.8. The maximum absolute atomic E-state index is 13.2. The predicted octanol–water partition coefficient (Wildman–Crippen LogP) is 2.79. The minimum absolute atomic E-state index is 0.0371. The molecule has 0 bridgehead atoms. The fourth-order valence-corrected chi connectivity index (χ4v) is 7.74. The van der Waals surface area contributed by atoms with Gasteiger partial charge in [-0.05, 0) is 12.1 Å². The van der Waals surface area contributed by atoms with E-state index in [0.717, 1.165) is 47.0 Å². The van der Waals surface area contributed by atoms with Crippen molar-refractivity contribution < 1.29 is 30.7 Å². The van der Waals surface area contributed by atoms with Gasteiger partial charge < -0.3 is 0 Å². The van der Waals surface area contributed by atoms with Crippen LogP contribution in [0.15, 0.2) is 34.7 Å². The van der Waals surface area contributed by atoms with E-state index in [1.165, 1.54) is 24.7 Å². The number of thiocyanates is 2. The SMILES string of the molecule is N#CSc1cc(C(CC(=O)CC(SCCS(=O)(=O)O)c2nccc(SC#N)n2)SCCS(=O)(=O)O)ncn1. The van der Waals surface area contributed by atoms with Crippen LogP contribution in [-0.4, -0.2) is 74.7 Å². The summed E-state index contributed by atoms with van der Waals surface area (Å²) in [4.78, 5) is 29.7. The number of hydrogen-bond donors (Lipinski definition) is 2. The van der Waals surface area contributed by atoms with E-state index in [4.69, 9.17) is 19.6 Å². The Morgan fingerprint density at radius 2 is 1.47 bits per heavy atom. The molecular weight excluding hydrogens is 617 g/mol. The zero-order valence-corrected chi connectivity index (χ0v) is 24.2. The normalized spacial score (nSPS) is 13.3. The van der Waals surface area contributed by atoms with Crippen molar-refractivity contribution in [3.05, 3.63) is 36.2 Å². The molecule has 2 unspecified atom stereocenters. The number of hydrogen-bond acceptors (Lipinski definition) is 15. The second kappa shape index (κ2) is 15.6. The largest absolute Gasteiger partial charge is 0.300 e. The highest BCUT2D eigenvalue weighted by Crippen LogP contribution is 2.36. The number of nitrogens with zero attached hydrogens (tertiary/aromatic N) is 6. The number of ketones is 1. The fraction of sp³-hybridized carbons (Fsp3) is 0.421. The molecule has 0 aliphatic heterocycles. The molecule has 0 fully saturated rings. The van der Waals surface area contributed by atoms with Crippen LogP contribution < -0.4 is 0 Å². The molecule has 0 aliphatic rings. The molecule has 2 N–H and O–H groups in total. The molecule has 0 radical (unpaired) electrons. The molecule has 2 aromatic heterocycles. The third-order valence-corrected chi connectivity index (χ3v) is 9.86. The average Bonchev–Trinajstić information content (AvgIpc) is 2.82. The Hall–Kier alpha value is -1.97. The Morgan fingerprint density at radius 3 is 2.08 bits per heavy atom. The van der Waals surface area contributed by atoms with E-state index in [2.05, 4.69) is 19.9 Å². The van der Waals surface area contributed by atoms with Crippen molar-refractivity contribution in [1.29, 1.82) is 10.5 Å². The van der Waals surface area contributed by atoms with Crippen molar-refractivity contribution in [2.24, 2.45) is 0 Å². The number of nitriles is 2. The van der Waals surface area contributed by atoms with Crippen LogP contribution >= 0.6 is 47.0 Å². The highest BCUT2D eigenvalue weighted by molar-refractivity contribution is 8.04. The number of thioether (sulfide) groups is 4. The summed E-state index contributed by atoms with van der Waals surface area (Å²) in [6, 6.07) is 3.02. The molecule has 38 heavy (non-hydrogen) atoms. The smallest absolute Gasteiger partial charge is 0.265 e. The van der Waals surface area contributed by atoms with Crippen molar-refractivity contribution in [2.45, 2.75) is 33.4 Å². The Kier molecular flexibility index (Phi) is 13.2. The second-order valence-corrected chi connectivity index (χ2v) is 14.5. The van der Waals surface area contributed by atoms with Crippen LogP contribution in [0.2, 0.25) is 0 Å². The Bertz CT molecular complexity index is 1310. The van der Waals surface area contributed by atoms with Gasteiger partial charge in [-0.25, -0.2) is 19.9 Å². The van der Waals surface area contributed by atoms with Gasteiger partial charge in [0.05, 0.1) is 27.7 Å². The highest BCUT2D eigenvalue weighted by atomic mass is 32.2. The van der Waals surface area contributed by atoms with Gasteiger partial charge in [0.1, 0.15) is 38.8 Å². The van der Waals surface area contributed by atoms with Crippen molar-refractivity contribution in [3.8, 4) is 10.8 Å². The topological polar surface area (TPSA) is 225 Å². The van der Waals surface area contributed by atoms with Gasteiger partial charge >= 0.3 is 0 Å². The number of rotatable bonds is 16. The molecule has 19 heteroatoms. The lowest BCUT2D eigenvalue weighted by Crippen LogP contribution is -2.14. The zero-order chi connectivity index (χ0) is 28.2. The Morgan fingerprint density at radius 1 is 0.895 bits per heavy atom. The van der Waals surface area contributed by atoms with E-state index in [0.29, 0.717) is 15.7 Å². The first kappa shape index (κ1) is 32.2. The molecule has 2 atom stereocenters. The molecule has 2 heterocycles. The lowest BCUT2D eigenvalue weighted by atomic mass is 10.1. The third kappa shape index (κ3) is 12.7. The maximum atomic E-state index is 13.2. The summed E-state index contributed by atoms with van der Waals surface area (Å²) in [5, 5.41) is 20.9. The lowest BCUT2D eigenvalue weighted by Gasteiger charge is -2.18. The van der Waals surface area contributed by atoms with Gasteiger partial charge in [0, 0.05) is 54.1 Å². The van der Waals surface area contributed by atoms with Crippen LogP contribution in [0.5, 0.6) is 0 Å². The molecule has 0 amide bonds. The molecule has 2 aromatic rings. The fourth-order valence-electron chi connectivity index (χ4n) is 2.81. The predicted molar refractivity (Wildman–Crippen MR) is 144 cm³/mol. The van der Waals surface area contributed by atoms with Crippen molar-refractivity contribution in [1.82, 2.24) is 19.9 Å². The minimum Gasteiger partial charge on any atom is -0.300 e. The molecule has 0 aromatic carbocycles. The van der Waals surface area contributed by atoms with Gasteiger partial charge in [0.15, 0.2) is 0 Å². The molecule has 0 aliphatic carbocycles. The monoisotopic (exact) mass is 636 g/mol. The van der Waals surface area contributed by atoms with Crippen molar-refractivity contribution >= 4 is 73.1 Å². The number of carbonyl (C=O) groups is 1. The second-order valence-electron chi connectivity index (χ2n) is 7.16. The molecule has 0 saturated heterocycles. The summed E-state index contributed by atoms with van der Waals surface area (Å²) in [7, 11) is -8.47. The number of Topliss-reactive ketones (excluding diaryl/α,β-unsaturated/α-hetero) is 1. The standard InChI is InChI=1S/C19H20N6O7S6/c20-10-35-17-1-2-22-19(25-17)16(34-4-6-38(30,31)32)8-13(26)7-15(33-3-5-37(27,28)29)14-9-18(36-11-21)24-12-23-14/h1-2,9,12,15-16H,3-8H2,(H,27,28,29)(H,30,31,32). The van der Waals surface area contributed by atoms with Gasteiger partial charge in [-0.15, -0.1) is 11.8 Å². The molecule has 2 rings (SSSR count). The van der Waals surface area contributed by atoms with Crippen molar-refractivity contribution in [3.63, 3.8) is 0 Å². The summed E-state index contributed by atoms with van der Waals surface area (Å²) in [5.41, 5.74) is 0.380. The van der Waals surface area contributed by atoms with Crippen molar-refractivity contribution in [2.75, 3.05) is 23.0 Å². The van der Waals surface area contributed by atoms with Crippen LogP contribution in [0.3, 0.4) is 0 Å². The van der Waals surface area contributed by atoms with Crippen LogP contribution in [0.4, 0.5) is 0 Å². The Balaban J connectivity index is 2.26. The minimum atomic E-state index is -4.24. The number of carbonyl (C=O) groups excluding carboxylic acids is 1. The van der Waals surface area contributed by atoms with E-state index in [1.54, 1.807) is 0 Å². The summed E-state index contributed by atoms with van der Waals surface area (Å²) in [6.07, 6.45) is 2.37. The molecule has 0 saturated carbocycles. The van der Waals surface area contributed by atoms with Crippen LogP contribution in [0.25, 0.3) is 0 Å². The first-order chi connectivity index (χ1) is 17.9. The average molecular weight is 637 g/mol. The first-order valence-electron chi connectivity index (χ1n) is 10.3. The third-order valence-electron chi connectivity index (χ3n) is 4.38. The maximum Gasteiger partial charge on any atom is 0.265 e. The Labute approximate surface area is 236 Å². The van der Waals surface area contributed by atoms with Gasteiger partial charge in [-0.3, -0.25) is 13.9 Å². The highest BCUT2D eigenvalue weighted by Gasteiger charge is 2.25. The van der Waals surface area contributed by atoms with Crippen LogP contribution in [0.1, 0.15) is 34.9 Å². The van der Waals surface area contributed by atoms with E-state index in [9.17, 15) is 21.6 Å². The van der Waals surface area contributed by atoms with E-state index in [1.807, 2.05) is 10.8 Å². The van der Waals surface area contributed by atoms with E-state index in [-0.39, 0.29) is 36.0 Å². The molecule has 13 nitrogen and oxygen atoms in total. The van der Waals surface area contributed by atoms with Gasteiger partial charge in [-0.1, -0.05) is 0 Å². The first-order valence-corrected chi connectivity index (χ1v) is 17.3. The van der Waals surface area contributed by atoms with Gasteiger partial charge in [-0.2, -0.15) is 39.1 Å². The quantitative estimate of drug-likeness (QED) is 0.117. The molecule has 0 spiro atoms. The summed E-state index contributed by atoms with van der Waals surface area (Å²) in [5.74, 6) is -1.30. The molecular formula is C19H20N6O7S6. The van der Waals surface area contributed by atoms with E-state index < -0.39 is 42.2 Å². The zero-order valence-electron chi connectivity index (χ0n) is 19.3. The van der Waals surface area contributed by atoms with Gasteiger partial charge in [0.2, 0.25) is 0 Å². The van der Waals surface area contributed by atoms with Gasteiger partial charge in [0.25, 0.3) is 20.2 Å². The summed E-state index contributed by atoms with van der Waals surface area (Å²) in [6.45, 7) is 0. The number of aromatic nitrogens is 4. The lowest BCUT2D eigenvalue weighted by molar-refractivity contribution is -0.119. The summed E-state index contributed by atoms with van der Waals surface area (Å²) >= 11 is 3.70. The van der Waals surface area contributed by atoms with Crippen LogP contribution in [-0.2, 0) is 25.0 Å². The van der Waals surface area contributed by atoms with Crippen LogP contribution in [0, 0.1) is 21.3 Å². The molecule has 204 valence electrons.